The standard InChI is InChI=1S/C12H20N2S/c1-3-13-11(10-4-5-10)6-7-12-14-9(2)8-15-12/h8,10-11,13H,3-7H2,1-2H3. The fourth-order valence-corrected chi connectivity index (χ4v) is 2.85. The van der Waals surface area contributed by atoms with E-state index in [0.717, 1.165) is 24.9 Å². The summed E-state index contributed by atoms with van der Waals surface area (Å²) in [6.07, 6.45) is 5.25. The van der Waals surface area contributed by atoms with Gasteiger partial charge in [-0.25, -0.2) is 4.98 Å². The van der Waals surface area contributed by atoms with E-state index in [0.29, 0.717) is 0 Å². The van der Waals surface area contributed by atoms with E-state index in [4.69, 9.17) is 0 Å². The SMILES string of the molecule is CCNC(CCc1nc(C)cs1)C1CC1. The Morgan fingerprint density at radius 3 is 2.93 bits per heavy atom. The van der Waals surface area contributed by atoms with Crippen LogP contribution in [0.25, 0.3) is 0 Å². The molecule has 0 aromatic carbocycles. The molecule has 2 rings (SSSR count). The molecule has 15 heavy (non-hydrogen) atoms. The van der Waals surface area contributed by atoms with E-state index in [-0.39, 0.29) is 0 Å². The van der Waals surface area contributed by atoms with Gasteiger partial charge in [0.1, 0.15) is 0 Å². The molecule has 1 saturated carbocycles. The highest BCUT2D eigenvalue weighted by atomic mass is 32.1. The fraction of sp³-hybridized carbons (Fsp3) is 0.750. The van der Waals surface area contributed by atoms with Crippen LogP contribution in [0, 0.1) is 12.8 Å². The molecule has 84 valence electrons. The summed E-state index contributed by atoms with van der Waals surface area (Å²) in [7, 11) is 0. The van der Waals surface area contributed by atoms with E-state index in [2.05, 4.69) is 29.5 Å². The summed E-state index contributed by atoms with van der Waals surface area (Å²) in [5.74, 6) is 0.950. The zero-order valence-electron chi connectivity index (χ0n) is 9.62. The third-order valence-corrected chi connectivity index (χ3v) is 4.02. The molecule has 1 fully saturated rings. The van der Waals surface area contributed by atoms with Crippen molar-refractivity contribution < 1.29 is 0 Å². The molecule has 1 atom stereocenters. The highest BCUT2D eigenvalue weighted by Crippen LogP contribution is 2.34. The van der Waals surface area contributed by atoms with E-state index in [1.54, 1.807) is 11.3 Å². The van der Waals surface area contributed by atoms with E-state index in [1.165, 1.54) is 30.0 Å². The van der Waals surface area contributed by atoms with Crippen molar-refractivity contribution in [2.45, 2.75) is 45.6 Å². The van der Waals surface area contributed by atoms with Crippen molar-refractivity contribution in [2.75, 3.05) is 6.54 Å². The molecule has 0 amide bonds. The maximum Gasteiger partial charge on any atom is 0.0928 e. The first-order chi connectivity index (χ1) is 7.29. The molecule has 1 unspecified atom stereocenters. The number of hydrogen-bond donors (Lipinski definition) is 1. The van der Waals surface area contributed by atoms with Crippen LogP contribution >= 0.6 is 11.3 Å². The lowest BCUT2D eigenvalue weighted by Crippen LogP contribution is -2.31. The van der Waals surface area contributed by atoms with Crippen LogP contribution in [0.1, 0.15) is 36.9 Å². The van der Waals surface area contributed by atoms with Crippen molar-refractivity contribution in [1.82, 2.24) is 10.3 Å². The minimum absolute atomic E-state index is 0.735. The third-order valence-electron chi connectivity index (χ3n) is 2.99. The van der Waals surface area contributed by atoms with Crippen LogP contribution in [0.3, 0.4) is 0 Å². The number of nitrogens with one attached hydrogen (secondary N) is 1. The van der Waals surface area contributed by atoms with E-state index < -0.39 is 0 Å². The molecule has 0 bridgehead atoms. The number of aromatic nitrogens is 1. The molecule has 1 aliphatic rings. The Bertz CT molecular complexity index is 304. The first-order valence-corrected chi connectivity index (χ1v) is 6.82. The zero-order chi connectivity index (χ0) is 10.7. The van der Waals surface area contributed by atoms with Crippen molar-refractivity contribution in [3.05, 3.63) is 16.1 Å². The molecule has 0 aliphatic heterocycles. The number of rotatable bonds is 6. The van der Waals surface area contributed by atoms with Gasteiger partial charge in [0.15, 0.2) is 0 Å². The average molecular weight is 224 g/mol. The average Bonchev–Trinajstić information content (AvgIpc) is 2.97. The highest BCUT2D eigenvalue weighted by molar-refractivity contribution is 7.09. The molecule has 2 nitrogen and oxygen atoms in total. The summed E-state index contributed by atoms with van der Waals surface area (Å²) in [5.41, 5.74) is 1.17. The zero-order valence-corrected chi connectivity index (χ0v) is 10.4. The maximum absolute atomic E-state index is 4.51. The second-order valence-electron chi connectivity index (χ2n) is 4.42. The lowest BCUT2D eigenvalue weighted by atomic mass is 10.1. The molecular formula is C12H20N2S. The number of thiazole rings is 1. The predicted molar refractivity (Wildman–Crippen MR) is 65.4 cm³/mol. The topological polar surface area (TPSA) is 24.9 Å². The highest BCUT2D eigenvalue weighted by Gasteiger charge is 2.30. The minimum atomic E-state index is 0.735. The molecule has 1 aromatic heterocycles. The van der Waals surface area contributed by atoms with Gasteiger partial charge in [-0.2, -0.15) is 0 Å². The van der Waals surface area contributed by atoms with Gasteiger partial charge in [-0.15, -0.1) is 11.3 Å². The van der Waals surface area contributed by atoms with Crippen molar-refractivity contribution in [1.29, 1.82) is 0 Å². The minimum Gasteiger partial charge on any atom is -0.314 e. The molecule has 1 N–H and O–H groups in total. The normalized spacial score (nSPS) is 18.0. The summed E-state index contributed by atoms with van der Waals surface area (Å²) in [5, 5.41) is 7.05. The van der Waals surface area contributed by atoms with Crippen LogP contribution in [0.5, 0.6) is 0 Å². The van der Waals surface area contributed by atoms with Crippen LogP contribution in [0.2, 0.25) is 0 Å². The molecule has 1 aliphatic carbocycles. The lowest BCUT2D eigenvalue weighted by Gasteiger charge is -2.16. The van der Waals surface area contributed by atoms with Crippen LogP contribution in [0.4, 0.5) is 0 Å². The van der Waals surface area contributed by atoms with E-state index in [1.807, 2.05) is 0 Å². The van der Waals surface area contributed by atoms with E-state index in [9.17, 15) is 0 Å². The molecule has 0 spiro atoms. The quantitative estimate of drug-likeness (QED) is 0.803. The van der Waals surface area contributed by atoms with Gasteiger partial charge in [0.2, 0.25) is 0 Å². The summed E-state index contributed by atoms with van der Waals surface area (Å²) in [6, 6.07) is 0.735. The maximum atomic E-state index is 4.51. The summed E-state index contributed by atoms with van der Waals surface area (Å²) >= 11 is 1.80. The number of nitrogens with zero attached hydrogens (tertiary/aromatic N) is 1. The Hall–Kier alpha value is -0.410. The molecule has 3 heteroatoms. The van der Waals surface area contributed by atoms with Gasteiger partial charge < -0.3 is 5.32 Å². The lowest BCUT2D eigenvalue weighted by molar-refractivity contribution is 0.446. The summed E-state index contributed by atoms with van der Waals surface area (Å²) in [6.45, 7) is 5.36. The van der Waals surface area contributed by atoms with Crippen LogP contribution < -0.4 is 5.32 Å². The van der Waals surface area contributed by atoms with Gasteiger partial charge in [-0.3, -0.25) is 0 Å². The largest absolute Gasteiger partial charge is 0.314 e. The fourth-order valence-electron chi connectivity index (χ4n) is 2.06. The predicted octanol–water partition coefficient (Wildman–Crippen LogP) is 2.77. The number of hydrogen-bond acceptors (Lipinski definition) is 3. The smallest absolute Gasteiger partial charge is 0.0928 e. The van der Waals surface area contributed by atoms with Gasteiger partial charge in [0.25, 0.3) is 0 Å². The Kier molecular flexibility index (Phi) is 3.76. The summed E-state index contributed by atoms with van der Waals surface area (Å²) < 4.78 is 0. The van der Waals surface area contributed by atoms with Crippen LogP contribution in [0.15, 0.2) is 5.38 Å². The summed E-state index contributed by atoms with van der Waals surface area (Å²) in [4.78, 5) is 4.51. The second-order valence-corrected chi connectivity index (χ2v) is 5.37. The Morgan fingerprint density at radius 1 is 1.60 bits per heavy atom. The van der Waals surface area contributed by atoms with Crippen molar-refractivity contribution >= 4 is 11.3 Å². The Labute approximate surface area is 96.1 Å². The van der Waals surface area contributed by atoms with Crippen LogP contribution in [-0.2, 0) is 6.42 Å². The van der Waals surface area contributed by atoms with Gasteiger partial charge >= 0.3 is 0 Å². The second kappa shape index (κ2) is 5.08. The first kappa shape index (κ1) is 11.1. The molecule has 0 saturated heterocycles. The van der Waals surface area contributed by atoms with Crippen molar-refractivity contribution in [2.24, 2.45) is 5.92 Å². The van der Waals surface area contributed by atoms with E-state index >= 15 is 0 Å². The number of aryl methyl sites for hydroxylation is 2. The molecule has 1 aromatic rings. The molecular weight excluding hydrogens is 204 g/mol. The van der Waals surface area contributed by atoms with Gasteiger partial charge in [0.05, 0.1) is 5.01 Å². The Balaban J connectivity index is 1.79. The third kappa shape index (κ3) is 3.28. The van der Waals surface area contributed by atoms with Gasteiger partial charge in [0, 0.05) is 23.5 Å². The molecule has 1 heterocycles. The van der Waals surface area contributed by atoms with Crippen molar-refractivity contribution in [3.63, 3.8) is 0 Å². The van der Waals surface area contributed by atoms with Gasteiger partial charge in [-0.05, 0) is 38.6 Å². The monoisotopic (exact) mass is 224 g/mol. The molecule has 0 radical (unpaired) electrons. The Morgan fingerprint density at radius 2 is 2.40 bits per heavy atom. The van der Waals surface area contributed by atoms with Crippen molar-refractivity contribution in [3.8, 4) is 0 Å². The first-order valence-electron chi connectivity index (χ1n) is 5.94. The van der Waals surface area contributed by atoms with Crippen LogP contribution in [-0.4, -0.2) is 17.6 Å². The van der Waals surface area contributed by atoms with Gasteiger partial charge in [-0.1, -0.05) is 6.92 Å².